The highest BCUT2D eigenvalue weighted by Crippen LogP contribution is 2.32. The maximum atomic E-state index is 12.4. The molecule has 0 bridgehead atoms. The first-order valence-corrected chi connectivity index (χ1v) is 10.8. The highest BCUT2D eigenvalue weighted by atomic mass is 32.2. The number of furan rings is 1. The van der Waals surface area contributed by atoms with Gasteiger partial charge in [0.05, 0.1) is 23.0 Å². The van der Waals surface area contributed by atoms with Gasteiger partial charge >= 0.3 is 0 Å². The van der Waals surface area contributed by atoms with Gasteiger partial charge in [-0.3, -0.25) is 14.5 Å². The molecule has 10 heteroatoms. The van der Waals surface area contributed by atoms with Crippen molar-refractivity contribution in [2.45, 2.75) is 18.9 Å². The minimum Gasteiger partial charge on any atom is -0.465 e. The number of thioether (sulfide) groups is 1. The summed E-state index contributed by atoms with van der Waals surface area (Å²) in [5, 5.41) is 3.77. The number of sulfone groups is 1. The molecule has 1 fully saturated rings. The molecular formula is C16H16N2O5S3. The van der Waals surface area contributed by atoms with Crippen LogP contribution < -0.4 is 5.32 Å². The van der Waals surface area contributed by atoms with Crippen LogP contribution in [0.1, 0.15) is 18.6 Å². The molecule has 26 heavy (non-hydrogen) atoms. The van der Waals surface area contributed by atoms with Crippen LogP contribution in [0.4, 0.5) is 0 Å². The first-order chi connectivity index (χ1) is 12.3. The quantitative estimate of drug-likeness (QED) is 0.561. The van der Waals surface area contributed by atoms with Crippen LogP contribution in [-0.4, -0.2) is 47.8 Å². The van der Waals surface area contributed by atoms with E-state index in [0.29, 0.717) is 28.0 Å². The molecule has 7 nitrogen and oxygen atoms in total. The van der Waals surface area contributed by atoms with Gasteiger partial charge in [-0.1, -0.05) is 24.0 Å². The topological polar surface area (TPSA) is 96.7 Å². The molecule has 3 rings (SSSR count). The Hall–Kier alpha value is -1.91. The summed E-state index contributed by atoms with van der Waals surface area (Å²) >= 11 is 6.43. The normalized spacial score (nSPS) is 23.2. The summed E-state index contributed by atoms with van der Waals surface area (Å²) in [6.07, 6.45) is 5.23. The number of hydrogen-bond acceptors (Lipinski definition) is 7. The molecule has 1 N–H and O–H groups in total. The van der Waals surface area contributed by atoms with E-state index in [1.54, 1.807) is 18.2 Å². The maximum Gasteiger partial charge on any atom is 0.266 e. The van der Waals surface area contributed by atoms with Crippen LogP contribution in [0.3, 0.4) is 0 Å². The summed E-state index contributed by atoms with van der Waals surface area (Å²) in [5.74, 6) is 0.00441. The number of carbonyl (C=O) groups excluding carboxylic acids is 2. The third-order valence-electron chi connectivity index (χ3n) is 3.75. The highest BCUT2D eigenvalue weighted by molar-refractivity contribution is 8.26. The minimum atomic E-state index is -3.20. The molecular weight excluding hydrogens is 396 g/mol. The Kier molecular flexibility index (Phi) is 5.64. The van der Waals surface area contributed by atoms with E-state index in [0.717, 1.165) is 5.41 Å². The zero-order chi connectivity index (χ0) is 18.7. The van der Waals surface area contributed by atoms with Gasteiger partial charge in [0.25, 0.3) is 5.91 Å². The van der Waals surface area contributed by atoms with Crippen LogP contribution >= 0.6 is 24.0 Å². The molecule has 1 aromatic rings. The summed E-state index contributed by atoms with van der Waals surface area (Å²) in [5.41, 5.74) is 0. The Morgan fingerprint density at radius 1 is 1.50 bits per heavy atom. The fraction of sp³-hybridized carbons (Fsp3) is 0.312. The Bertz CT molecular complexity index is 887. The molecule has 3 heterocycles. The lowest BCUT2D eigenvalue weighted by Crippen LogP contribution is -2.36. The maximum absolute atomic E-state index is 12.4. The van der Waals surface area contributed by atoms with Gasteiger partial charge in [0.1, 0.15) is 10.1 Å². The fourth-order valence-electron chi connectivity index (χ4n) is 2.54. The second kappa shape index (κ2) is 7.77. The van der Waals surface area contributed by atoms with Crippen molar-refractivity contribution in [3.63, 3.8) is 0 Å². The zero-order valence-electron chi connectivity index (χ0n) is 13.6. The Balaban J connectivity index is 1.47. The third kappa shape index (κ3) is 4.63. The number of carbonyl (C=O) groups is 2. The van der Waals surface area contributed by atoms with E-state index in [9.17, 15) is 18.0 Å². The van der Waals surface area contributed by atoms with Crippen LogP contribution in [0.5, 0.6) is 0 Å². The van der Waals surface area contributed by atoms with Gasteiger partial charge in [-0.25, -0.2) is 8.42 Å². The van der Waals surface area contributed by atoms with Crippen molar-refractivity contribution in [1.82, 2.24) is 10.2 Å². The number of hydrogen-bond donors (Lipinski definition) is 1. The van der Waals surface area contributed by atoms with Crippen LogP contribution in [-0.2, 0) is 19.4 Å². The lowest BCUT2D eigenvalue weighted by Gasteiger charge is -2.15. The molecule has 0 aromatic carbocycles. The summed E-state index contributed by atoms with van der Waals surface area (Å²) < 4.78 is 28.3. The molecule has 0 radical (unpaired) electrons. The number of nitrogens with zero attached hydrogens (tertiary/aromatic N) is 1. The van der Waals surface area contributed by atoms with Gasteiger partial charge in [-0.2, -0.15) is 0 Å². The third-order valence-corrected chi connectivity index (χ3v) is 6.53. The van der Waals surface area contributed by atoms with Crippen molar-refractivity contribution < 1.29 is 22.4 Å². The van der Waals surface area contributed by atoms with E-state index in [1.807, 2.05) is 0 Å². The molecule has 1 saturated heterocycles. The molecule has 1 atom stereocenters. The van der Waals surface area contributed by atoms with Gasteiger partial charge in [-0.05, 0) is 24.6 Å². The average Bonchev–Trinajstić information content (AvgIpc) is 3.25. The molecule has 2 aliphatic rings. The van der Waals surface area contributed by atoms with Crippen molar-refractivity contribution in [3.8, 4) is 0 Å². The number of thiocarbonyl (C=S) groups is 1. The van der Waals surface area contributed by atoms with Gasteiger partial charge in [0.2, 0.25) is 5.91 Å². The van der Waals surface area contributed by atoms with Crippen LogP contribution in [0.2, 0.25) is 0 Å². The number of amides is 2. The standard InChI is InChI=1S/C16H16N2O5S3/c19-14(17-11-5-8-26(21,22)10-11)4-1-6-18-15(20)13(25-16(18)24)9-12-3-2-7-23-12/h2-3,5,7-9,11H,1,4,6,10H2,(H,17,19)/b13-9-/t11-/m1/s1. The smallest absolute Gasteiger partial charge is 0.266 e. The minimum absolute atomic E-state index is 0.106. The molecule has 2 aliphatic heterocycles. The van der Waals surface area contributed by atoms with Gasteiger partial charge < -0.3 is 9.73 Å². The summed E-state index contributed by atoms with van der Waals surface area (Å²) in [6.45, 7) is 0.326. The van der Waals surface area contributed by atoms with Crippen molar-refractivity contribution in [1.29, 1.82) is 0 Å². The van der Waals surface area contributed by atoms with E-state index >= 15 is 0 Å². The average molecular weight is 413 g/mol. The van der Waals surface area contributed by atoms with Gasteiger partial charge in [-0.15, -0.1) is 0 Å². The molecule has 138 valence electrons. The monoisotopic (exact) mass is 412 g/mol. The highest BCUT2D eigenvalue weighted by Gasteiger charge is 2.32. The summed E-state index contributed by atoms with van der Waals surface area (Å²) in [7, 11) is -3.20. The predicted octanol–water partition coefficient (Wildman–Crippen LogP) is 1.69. The van der Waals surface area contributed by atoms with Crippen molar-refractivity contribution in [3.05, 3.63) is 40.5 Å². The zero-order valence-corrected chi connectivity index (χ0v) is 16.0. The largest absolute Gasteiger partial charge is 0.465 e. The number of nitrogens with one attached hydrogen (secondary N) is 1. The summed E-state index contributed by atoms with van der Waals surface area (Å²) in [4.78, 5) is 26.3. The van der Waals surface area contributed by atoms with Gasteiger partial charge in [0, 0.05) is 24.4 Å². The molecule has 1 aromatic heterocycles. The van der Waals surface area contributed by atoms with E-state index in [2.05, 4.69) is 5.32 Å². The van der Waals surface area contributed by atoms with Crippen LogP contribution in [0.25, 0.3) is 6.08 Å². The second-order valence-electron chi connectivity index (χ2n) is 5.78. The Morgan fingerprint density at radius 3 is 2.96 bits per heavy atom. The van der Waals surface area contributed by atoms with E-state index in [-0.39, 0.29) is 24.0 Å². The summed E-state index contributed by atoms with van der Waals surface area (Å²) in [6, 6.07) is 2.99. The fourth-order valence-corrected chi connectivity index (χ4v) is 5.06. The molecule has 0 aliphatic carbocycles. The van der Waals surface area contributed by atoms with E-state index < -0.39 is 15.9 Å². The van der Waals surface area contributed by atoms with Crippen LogP contribution in [0.15, 0.2) is 39.2 Å². The van der Waals surface area contributed by atoms with Crippen molar-refractivity contribution in [2.24, 2.45) is 0 Å². The molecule has 2 amide bonds. The van der Waals surface area contributed by atoms with E-state index in [1.165, 1.54) is 29.0 Å². The Labute approximate surface area is 160 Å². The molecule has 0 unspecified atom stereocenters. The number of rotatable bonds is 6. The van der Waals surface area contributed by atoms with Crippen molar-refractivity contribution in [2.75, 3.05) is 12.3 Å². The molecule has 0 spiro atoms. The van der Waals surface area contributed by atoms with Crippen LogP contribution in [0, 0.1) is 0 Å². The first kappa shape index (κ1) is 18.9. The van der Waals surface area contributed by atoms with Gasteiger partial charge in [0.15, 0.2) is 9.84 Å². The Morgan fingerprint density at radius 2 is 2.31 bits per heavy atom. The lowest BCUT2D eigenvalue weighted by molar-refractivity contribution is -0.124. The second-order valence-corrected chi connectivity index (χ2v) is 9.39. The lowest BCUT2D eigenvalue weighted by atomic mass is 10.2. The molecule has 0 saturated carbocycles. The van der Waals surface area contributed by atoms with E-state index in [4.69, 9.17) is 16.6 Å². The first-order valence-electron chi connectivity index (χ1n) is 7.83. The SMILES string of the molecule is O=C(CCCN1C(=O)/C(=C/c2ccco2)SC1=S)N[C@@H]1C=CS(=O)(=O)C1. The predicted molar refractivity (Wildman–Crippen MR) is 103 cm³/mol. The van der Waals surface area contributed by atoms with Crippen molar-refractivity contribution >= 4 is 56.0 Å².